The van der Waals surface area contributed by atoms with Crippen molar-refractivity contribution in [1.29, 1.82) is 0 Å². The van der Waals surface area contributed by atoms with Crippen molar-refractivity contribution in [2.75, 3.05) is 5.32 Å². The minimum atomic E-state index is -1.36. The number of hydrogen-bond donors (Lipinski definition) is 1. The van der Waals surface area contributed by atoms with Gasteiger partial charge in [0, 0.05) is 10.0 Å². The van der Waals surface area contributed by atoms with Crippen LogP contribution in [0.15, 0.2) is 62.3 Å². The molecule has 1 heterocycles. The molecule has 1 aliphatic heterocycles. The zero-order valence-electron chi connectivity index (χ0n) is 9.26. The van der Waals surface area contributed by atoms with Gasteiger partial charge in [-0.15, -0.1) is 0 Å². The first-order valence-corrected chi connectivity index (χ1v) is 7.26. The van der Waals surface area contributed by atoms with E-state index in [1.165, 1.54) is 0 Å². The maximum atomic E-state index is 12.1. The topological polar surface area (TPSA) is 41.5 Å². The van der Waals surface area contributed by atoms with Crippen molar-refractivity contribution >= 4 is 38.4 Å². The SMILES string of the molecule is O=S1N=C(c2ccccc2)Nc2ccc(Br)cc21. The van der Waals surface area contributed by atoms with E-state index in [1.807, 2.05) is 48.5 Å². The Labute approximate surface area is 116 Å². The first-order valence-electron chi connectivity index (χ1n) is 5.36. The van der Waals surface area contributed by atoms with Crippen LogP contribution in [0.2, 0.25) is 0 Å². The molecular weight excluding hydrogens is 312 g/mol. The third-order valence-electron chi connectivity index (χ3n) is 2.61. The molecule has 0 aliphatic carbocycles. The molecule has 3 nitrogen and oxygen atoms in total. The molecule has 1 aliphatic rings. The van der Waals surface area contributed by atoms with E-state index in [9.17, 15) is 4.21 Å². The molecule has 0 amide bonds. The van der Waals surface area contributed by atoms with Crippen LogP contribution in [0.1, 0.15) is 5.56 Å². The second-order valence-corrected chi connectivity index (χ2v) is 5.86. The highest BCUT2D eigenvalue weighted by molar-refractivity contribution is 9.10. The number of hydrogen-bond acceptors (Lipinski definition) is 2. The van der Waals surface area contributed by atoms with Crippen LogP contribution in [0.25, 0.3) is 0 Å². The van der Waals surface area contributed by atoms with E-state index in [4.69, 9.17) is 0 Å². The van der Waals surface area contributed by atoms with Crippen LogP contribution in [-0.2, 0) is 11.0 Å². The van der Waals surface area contributed by atoms with Crippen molar-refractivity contribution < 1.29 is 4.21 Å². The van der Waals surface area contributed by atoms with Gasteiger partial charge in [0.1, 0.15) is 5.84 Å². The molecule has 1 unspecified atom stereocenters. The van der Waals surface area contributed by atoms with Crippen molar-refractivity contribution in [3.63, 3.8) is 0 Å². The van der Waals surface area contributed by atoms with Crippen molar-refractivity contribution in [2.45, 2.75) is 4.90 Å². The van der Waals surface area contributed by atoms with Crippen LogP contribution < -0.4 is 5.32 Å². The van der Waals surface area contributed by atoms with Crippen molar-refractivity contribution in [3.8, 4) is 0 Å². The summed E-state index contributed by atoms with van der Waals surface area (Å²) in [6, 6.07) is 15.3. The summed E-state index contributed by atoms with van der Waals surface area (Å²) in [7, 11) is -1.36. The summed E-state index contributed by atoms with van der Waals surface area (Å²) < 4.78 is 17.2. The largest absolute Gasteiger partial charge is 0.338 e. The van der Waals surface area contributed by atoms with E-state index in [-0.39, 0.29) is 0 Å². The summed E-state index contributed by atoms with van der Waals surface area (Å²) >= 11 is 3.37. The van der Waals surface area contributed by atoms with Gasteiger partial charge < -0.3 is 5.32 Å². The molecule has 2 aromatic rings. The lowest BCUT2D eigenvalue weighted by Gasteiger charge is -2.17. The third-order valence-corrected chi connectivity index (χ3v) is 4.16. The molecule has 0 bridgehead atoms. The van der Waals surface area contributed by atoms with Crippen molar-refractivity contribution in [3.05, 3.63) is 58.6 Å². The molecule has 18 heavy (non-hydrogen) atoms. The summed E-state index contributed by atoms with van der Waals surface area (Å²) in [5.74, 6) is 0.642. The number of amidine groups is 1. The van der Waals surface area contributed by atoms with E-state index in [0.29, 0.717) is 10.7 Å². The molecule has 0 saturated heterocycles. The van der Waals surface area contributed by atoms with Crippen LogP contribution in [-0.4, -0.2) is 10.0 Å². The van der Waals surface area contributed by atoms with Gasteiger partial charge in [0.15, 0.2) is 11.0 Å². The smallest absolute Gasteiger partial charge is 0.176 e. The van der Waals surface area contributed by atoms with Crippen LogP contribution in [0, 0.1) is 0 Å². The van der Waals surface area contributed by atoms with Crippen LogP contribution in [0.5, 0.6) is 0 Å². The van der Waals surface area contributed by atoms with Gasteiger partial charge in [-0.3, -0.25) is 0 Å². The average molecular weight is 321 g/mol. The number of fused-ring (bicyclic) bond motifs is 1. The second kappa shape index (κ2) is 4.66. The van der Waals surface area contributed by atoms with Gasteiger partial charge in [-0.25, -0.2) is 4.21 Å². The zero-order valence-corrected chi connectivity index (χ0v) is 11.7. The standard InChI is InChI=1S/C13H9BrN2OS/c14-10-6-7-11-12(8-10)18(17)16-13(15-11)9-4-2-1-3-5-9/h1-8H,(H,15,16). The Morgan fingerprint density at radius 1 is 1.11 bits per heavy atom. The summed E-state index contributed by atoms with van der Waals surface area (Å²) in [6.07, 6.45) is 0. The lowest BCUT2D eigenvalue weighted by molar-refractivity contribution is 0.684. The van der Waals surface area contributed by atoms with Gasteiger partial charge >= 0.3 is 0 Å². The van der Waals surface area contributed by atoms with Crippen LogP contribution in [0.4, 0.5) is 5.69 Å². The fourth-order valence-corrected chi connectivity index (χ4v) is 3.21. The second-order valence-electron chi connectivity index (χ2n) is 3.82. The number of nitrogens with zero attached hydrogens (tertiary/aromatic N) is 1. The van der Waals surface area contributed by atoms with E-state index in [2.05, 4.69) is 25.6 Å². The third kappa shape index (κ3) is 2.11. The van der Waals surface area contributed by atoms with Crippen LogP contribution >= 0.6 is 15.9 Å². The van der Waals surface area contributed by atoms with E-state index >= 15 is 0 Å². The molecule has 90 valence electrons. The molecule has 0 radical (unpaired) electrons. The average Bonchev–Trinajstić information content (AvgIpc) is 2.40. The van der Waals surface area contributed by atoms with Gasteiger partial charge in [-0.2, -0.15) is 4.40 Å². The Hall–Kier alpha value is -1.46. The Morgan fingerprint density at radius 3 is 2.67 bits per heavy atom. The van der Waals surface area contributed by atoms with Gasteiger partial charge in [-0.1, -0.05) is 46.3 Å². The quantitative estimate of drug-likeness (QED) is 0.875. The lowest BCUT2D eigenvalue weighted by Crippen LogP contribution is -2.19. The first-order chi connectivity index (χ1) is 8.74. The monoisotopic (exact) mass is 320 g/mol. The van der Waals surface area contributed by atoms with E-state index in [1.54, 1.807) is 0 Å². The molecule has 0 saturated carbocycles. The minimum absolute atomic E-state index is 0.642. The van der Waals surface area contributed by atoms with Crippen molar-refractivity contribution in [2.24, 2.45) is 4.40 Å². The highest BCUT2D eigenvalue weighted by Crippen LogP contribution is 2.28. The van der Waals surface area contributed by atoms with Crippen LogP contribution in [0.3, 0.4) is 0 Å². The maximum Gasteiger partial charge on any atom is 0.176 e. The molecule has 2 aromatic carbocycles. The Bertz CT molecular complexity index is 655. The summed E-state index contributed by atoms with van der Waals surface area (Å²) in [6.45, 7) is 0. The number of benzene rings is 2. The molecule has 1 atom stereocenters. The molecule has 1 N–H and O–H groups in total. The molecule has 0 spiro atoms. The van der Waals surface area contributed by atoms with E-state index < -0.39 is 11.0 Å². The molecular formula is C13H9BrN2OS. The molecule has 0 fully saturated rings. The normalized spacial score (nSPS) is 17.6. The molecule has 0 aromatic heterocycles. The van der Waals surface area contributed by atoms with Gasteiger partial charge in [0.25, 0.3) is 0 Å². The minimum Gasteiger partial charge on any atom is -0.338 e. The van der Waals surface area contributed by atoms with Gasteiger partial charge in [-0.05, 0) is 18.2 Å². The number of rotatable bonds is 1. The number of nitrogens with one attached hydrogen (secondary N) is 1. The lowest BCUT2D eigenvalue weighted by atomic mass is 10.2. The predicted molar refractivity (Wildman–Crippen MR) is 77.2 cm³/mol. The van der Waals surface area contributed by atoms with Gasteiger partial charge in [0.2, 0.25) is 0 Å². The fraction of sp³-hybridized carbons (Fsp3) is 0. The van der Waals surface area contributed by atoms with E-state index in [0.717, 1.165) is 15.7 Å². The summed E-state index contributed by atoms with van der Waals surface area (Å²) in [5, 5.41) is 3.21. The summed E-state index contributed by atoms with van der Waals surface area (Å²) in [5.41, 5.74) is 1.77. The zero-order chi connectivity index (χ0) is 12.5. The molecule has 3 rings (SSSR count). The highest BCUT2D eigenvalue weighted by Gasteiger charge is 2.18. The molecule has 5 heteroatoms. The Balaban J connectivity index is 2.05. The highest BCUT2D eigenvalue weighted by atomic mass is 79.9. The summed E-state index contributed by atoms with van der Waals surface area (Å²) in [4.78, 5) is 0.698. The van der Waals surface area contributed by atoms with Gasteiger partial charge in [0.05, 0.1) is 10.6 Å². The van der Waals surface area contributed by atoms with Crippen molar-refractivity contribution in [1.82, 2.24) is 0 Å². The Kier molecular flexibility index (Phi) is 3.01. The maximum absolute atomic E-state index is 12.1. The fourth-order valence-electron chi connectivity index (χ4n) is 1.75. The Morgan fingerprint density at radius 2 is 1.89 bits per heavy atom. The number of anilines is 1. The number of halogens is 1. The predicted octanol–water partition coefficient (Wildman–Crippen LogP) is 3.34. The first kappa shape index (κ1) is 11.6.